The third-order valence-electron chi connectivity index (χ3n) is 2.79. The molecule has 0 bridgehead atoms. The summed E-state index contributed by atoms with van der Waals surface area (Å²) < 4.78 is 5.61. The molecular formula is C15H26N2O. The van der Waals surface area contributed by atoms with Gasteiger partial charge in [-0.15, -0.1) is 0 Å². The molecule has 0 spiro atoms. The van der Waals surface area contributed by atoms with Crippen LogP contribution in [0.1, 0.15) is 44.9 Å². The first-order chi connectivity index (χ1) is 8.72. The van der Waals surface area contributed by atoms with Gasteiger partial charge in [-0.3, -0.25) is 4.98 Å². The van der Waals surface area contributed by atoms with Crippen molar-refractivity contribution in [2.75, 3.05) is 13.2 Å². The summed E-state index contributed by atoms with van der Waals surface area (Å²) in [7, 11) is 0. The molecular weight excluding hydrogens is 224 g/mol. The largest absolute Gasteiger partial charge is 0.375 e. The number of pyridine rings is 1. The highest BCUT2D eigenvalue weighted by molar-refractivity contribution is 5.13. The minimum atomic E-state index is 0.625. The van der Waals surface area contributed by atoms with Crippen LogP contribution >= 0.6 is 0 Å². The van der Waals surface area contributed by atoms with Gasteiger partial charge in [0.05, 0.1) is 12.3 Å². The first-order valence-corrected chi connectivity index (χ1v) is 6.94. The van der Waals surface area contributed by atoms with Gasteiger partial charge in [0, 0.05) is 19.3 Å². The average Bonchev–Trinajstić information content (AvgIpc) is 2.37. The molecule has 0 saturated heterocycles. The summed E-state index contributed by atoms with van der Waals surface area (Å²) in [5, 5.41) is 3.28. The van der Waals surface area contributed by atoms with Crippen molar-refractivity contribution < 1.29 is 4.74 Å². The highest BCUT2D eigenvalue weighted by atomic mass is 16.5. The fourth-order valence-corrected chi connectivity index (χ4v) is 1.68. The van der Waals surface area contributed by atoms with E-state index < -0.39 is 0 Å². The summed E-state index contributed by atoms with van der Waals surface area (Å²) in [4.78, 5) is 4.40. The van der Waals surface area contributed by atoms with Crippen molar-refractivity contribution in [1.82, 2.24) is 10.3 Å². The van der Waals surface area contributed by atoms with E-state index >= 15 is 0 Å². The zero-order valence-corrected chi connectivity index (χ0v) is 11.9. The standard InChI is InChI=1S/C15H26N2O/c1-4-16-10-14-7-8-15(17-11-14)12-18-9-5-6-13(2)3/h7-8,11,13,16H,4-6,9-10,12H2,1-3H3. The Morgan fingerprint density at radius 2 is 2.17 bits per heavy atom. The summed E-state index contributed by atoms with van der Waals surface area (Å²) >= 11 is 0. The molecule has 0 aliphatic heterocycles. The lowest BCUT2D eigenvalue weighted by molar-refractivity contribution is 0.112. The molecule has 18 heavy (non-hydrogen) atoms. The van der Waals surface area contributed by atoms with Crippen molar-refractivity contribution in [3.63, 3.8) is 0 Å². The van der Waals surface area contributed by atoms with Gasteiger partial charge < -0.3 is 10.1 Å². The van der Waals surface area contributed by atoms with Crippen LogP contribution < -0.4 is 5.32 Å². The Balaban J connectivity index is 2.18. The van der Waals surface area contributed by atoms with E-state index in [1.165, 1.54) is 12.0 Å². The molecule has 0 radical (unpaired) electrons. The number of ether oxygens (including phenoxy) is 1. The molecule has 0 aliphatic rings. The number of nitrogens with zero attached hydrogens (tertiary/aromatic N) is 1. The predicted octanol–water partition coefficient (Wildman–Crippen LogP) is 3.14. The molecule has 1 aromatic heterocycles. The van der Waals surface area contributed by atoms with Crippen LogP contribution in [0.5, 0.6) is 0 Å². The highest BCUT2D eigenvalue weighted by Crippen LogP contribution is 2.05. The van der Waals surface area contributed by atoms with Crippen molar-refractivity contribution in [2.24, 2.45) is 5.92 Å². The Kier molecular flexibility index (Phi) is 7.62. The van der Waals surface area contributed by atoms with E-state index in [0.717, 1.165) is 37.7 Å². The second kappa shape index (κ2) is 9.06. The lowest BCUT2D eigenvalue weighted by Crippen LogP contribution is -2.12. The maximum atomic E-state index is 5.61. The van der Waals surface area contributed by atoms with E-state index in [9.17, 15) is 0 Å². The van der Waals surface area contributed by atoms with Gasteiger partial charge in [0.2, 0.25) is 0 Å². The third kappa shape index (κ3) is 6.72. The zero-order chi connectivity index (χ0) is 13.2. The quantitative estimate of drug-likeness (QED) is 0.684. The van der Waals surface area contributed by atoms with Crippen molar-refractivity contribution in [3.05, 3.63) is 29.6 Å². The zero-order valence-electron chi connectivity index (χ0n) is 11.9. The van der Waals surface area contributed by atoms with Gasteiger partial charge >= 0.3 is 0 Å². The SMILES string of the molecule is CCNCc1ccc(COCCCC(C)C)nc1. The summed E-state index contributed by atoms with van der Waals surface area (Å²) in [6, 6.07) is 4.16. The maximum absolute atomic E-state index is 5.61. The van der Waals surface area contributed by atoms with Crippen LogP contribution in [0.4, 0.5) is 0 Å². The Morgan fingerprint density at radius 1 is 1.33 bits per heavy atom. The topological polar surface area (TPSA) is 34.1 Å². The van der Waals surface area contributed by atoms with Crippen molar-refractivity contribution in [1.29, 1.82) is 0 Å². The molecule has 0 amide bonds. The predicted molar refractivity (Wildman–Crippen MR) is 75.3 cm³/mol. The van der Waals surface area contributed by atoms with E-state index in [1.807, 2.05) is 6.20 Å². The molecule has 3 nitrogen and oxygen atoms in total. The number of hydrogen-bond donors (Lipinski definition) is 1. The molecule has 1 rings (SSSR count). The molecule has 1 N–H and O–H groups in total. The van der Waals surface area contributed by atoms with Gasteiger partial charge in [0.1, 0.15) is 0 Å². The van der Waals surface area contributed by atoms with Crippen molar-refractivity contribution in [3.8, 4) is 0 Å². The van der Waals surface area contributed by atoms with Crippen LogP contribution in [0, 0.1) is 5.92 Å². The Morgan fingerprint density at radius 3 is 2.78 bits per heavy atom. The molecule has 0 saturated carbocycles. The molecule has 0 atom stereocenters. The van der Waals surface area contributed by atoms with Gasteiger partial charge in [-0.25, -0.2) is 0 Å². The van der Waals surface area contributed by atoms with Gasteiger partial charge in [-0.1, -0.05) is 26.8 Å². The molecule has 1 aromatic rings. The fraction of sp³-hybridized carbons (Fsp3) is 0.667. The van der Waals surface area contributed by atoms with Crippen LogP contribution in [0.2, 0.25) is 0 Å². The molecule has 0 unspecified atom stereocenters. The van der Waals surface area contributed by atoms with Crippen LogP contribution in [-0.4, -0.2) is 18.1 Å². The second-order valence-corrected chi connectivity index (χ2v) is 5.03. The van der Waals surface area contributed by atoms with Crippen molar-refractivity contribution in [2.45, 2.75) is 46.8 Å². The van der Waals surface area contributed by atoms with Crippen molar-refractivity contribution >= 4 is 0 Å². The molecule has 0 aliphatic carbocycles. The minimum absolute atomic E-state index is 0.625. The maximum Gasteiger partial charge on any atom is 0.0887 e. The van der Waals surface area contributed by atoms with E-state index in [-0.39, 0.29) is 0 Å². The average molecular weight is 250 g/mol. The second-order valence-electron chi connectivity index (χ2n) is 5.03. The van der Waals surface area contributed by atoms with Gasteiger partial charge in [0.15, 0.2) is 0 Å². The molecule has 3 heteroatoms. The Bertz CT molecular complexity index is 309. The first kappa shape index (κ1) is 15.1. The van der Waals surface area contributed by atoms with E-state index in [1.54, 1.807) is 0 Å². The normalized spacial score (nSPS) is 11.1. The van der Waals surface area contributed by atoms with Crippen LogP contribution in [0.25, 0.3) is 0 Å². The monoisotopic (exact) mass is 250 g/mol. The summed E-state index contributed by atoms with van der Waals surface area (Å²) in [6.07, 6.45) is 4.29. The molecule has 0 fully saturated rings. The van der Waals surface area contributed by atoms with E-state index in [4.69, 9.17) is 4.74 Å². The summed E-state index contributed by atoms with van der Waals surface area (Å²) in [5.74, 6) is 0.761. The number of hydrogen-bond acceptors (Lipinski definition) is 3. The number of aromatic nitrogens is 1. The van der Waals surface area contributed by atoms with Crippen LogP contribution in [0.15, 0.2) is 18.3 Å². The van der Waals surface area contributed by atoms with Crippen LogP contribution in [-0.2, 0) is 17.9 Å². The lowest BCUT2D eigenvalue weighted by atomic mass is 10.1. The molecule has 0 aromatic carbocycles. The number of rotatable bonds is 9. The molecule has 1 heterocycles. The first-order valence-electron chi connectivity index (χ1n) is 6.94. The number of nitrogens with one attached hydrogen (secondary N) is 1. The summed E-state index contributed by atoms with van der Waals surface area (Å²) in [6.45, 7) is 9.92. The van der Waals surface area contributed by atoms with Gasteiger partial charge in [-0.05, 0) is 36.9 Å². The molecule has 102 valence electrons. The van der Waals surface area contributed by atoms with E-state index in [2.05, 4.69) is 43.2 Å². The smallest absolute Gasteiger partial charge is 0.0887 e. The lowest BCUT2D eigenvalue weighted by Gasteiger charge is -2.06. The van der Waals surface area contributed by atoms with E-state index in [0.29, 0.717) is 6.61 Å². The summed E-state index contributed by atoms with van der Waals surface area (Å²) in [5.41, 5.74) is 2.24. The van der Waals surface area contributed by atoms with Gasteiger partial charge in [0.25, 0.3) is 0 Å². The Labute approximate surface area is 111 Å². The Hall–Kier alpha value is -0.930. The fourth-order valence-electron chi connectivity index (χ4n) is 1.68. The minimum Gasteiger partial charge on any atom is -0.375 e. The highest BCUT2D eigenvalue weighted by Gasteiger charge is 1.98. The van der Waals surface area contributed by atoms with Crippen LogP contribution in [0.3, 0.4) is 0 Å². The third-order valence-corrected chi connectivity index (χ3v) is 2.79. The van der Waals surface area contributed by atoms with Gasteiger partial charge in [-0.2, -0.15) is 0 Å².